The second-order valence-corrected chi connectivity index (χ2v) is 16.5. The molecule has 0 rings (SSSR count). The van der Waals surface area contributed by atoms with E-state index in [1.54, 1.807) is 0 Å². The average molecular weight is 269 g/mol. The predicted molar refractivity (Wildman–Crippen MR) is 76.1 cm³/mol. The van der Waals surface area contributed by atoms with Gasteiger partial charge in [0.05, 0.1) is 19.4 Å². The fraction of sp³-hybridized carbons (Fsp3) is 1.00. The van der Waals surface area contributed by atoms with Crippen molar-refractivity contribution in [2.45, 2.75) is 39.5 Å². The van der Waals surface area contributed by atoms with Crippen molar-refractivity contribution in [2.75, 3.05) is 11.7 Å². The van der Waals surface area contributed by atoms with Gasteiger partial charge < -0.3 is 9.21 Å². The molecule has 0 atom stereocenters. The molecule has 0 fully saturated rings. The molecule has 6 heteroatoms. The standard InChI is InChI=1S/C8H25ClN2Si3/c1-8(2)10-7-13-11(12-6-9)14(3,4)5/h8,10H,6-7,12-13H2,1-5H3. The summed E-state index contributed by atoms with van der Waals surface area (Å²) in [6.45, 7) is 11.7. The van der Waals surface area contributed by atoms with E-state index >= 15 is 0 Å². The first-order chi connectivity index (χ1) is 6.38. The highest BCUT2D eigenvalue weighted by atomic mass is 35.5. The van der Waals surface area contributed by atoms with Crippen molar-refractivity contribution in [2.24, 2.45) is 0 Å². The molecule has 0 unspecified atom stereocenters. The monoisotopic (exact) mass is 268 g/mol. The molecule has 0 aromatic rings. The van der Waals surface area contributed by atoms with Crippen molar-refractivity contribution in [3.05, 3.63) is 0 Å². The number of alkyl halides is 1. The van der Waals surface area contributed by atoms with E-state index in [0.717, 1.165) is 5.50 Å². The van der Waals surface area contributed by atoms with E-state index in [9.17, 15) is 0 Å². The van der Waals surface area contributed by atoms with Crippen molar-refractivity contribution < 1.29 is 0 Å². The molecule has 14 heavy (non-hydrogen) atoms. The average Bonchev–Trinajstić information content (AvgIpc) is 2.00. The highest BCUT2D eigenvalue weighted by molar-refractivity contribution is 6.87. The zero-order valence-corrected chi connectivity index (χ0v) is 14.8. The zero-order chi connectivity index (χ0) is 11.2. The van der Waals surface area contributed by atoms with E-state index in [-0.39, 0.29) is 19.4 Å². The molecule has 0 amide bonds. The van der Waals surface area contributed by atoms with Crippen LogP contribution in [0.25, 0.3) is 0 Å². The molecule has 86 valence electrons. The van der Waals surface area contributed by atoms with Gasteiger partial charge in [0.15, 0.2) is 0 Å². The van der Waals surface area contributed by atoms with Crippen LogP contribution in [0.2, 0.25) is 19.6 Å². The van der Waals surface area contributed by atoms with Crippen molar-refractivity contribution in [3.8, 4) is 0 Å². The molecule has 0 aliphatic heterocycles. The summed E-state index contributed by atoms with van der Waals surface area (Å²) in [5, 5.41) is 3.53. The third-order valence-corrected chi connectivity index (χ3v) is 15.3. The van der Waals surface area contributed by atoms with Gasteiger partial charge in [0.1, 0.15) is 8.24 Å². The van der Waals surface area contributed by atoms with Crippen LogP contribution in [-0.2, 0) is 0 Å². The van der Waals surface area contributed by atoms with Gasteiger partial charge >= 0.3 is 0 Å². The minimum atomic E-state index is -1.05. The second-order valence-electron chi connectivity index (χ2n) is 4.96. The molecule has 0 aromatic carbocycles. The number of nitrogens with zero attached hydrogens (tertiary/aromatic N) is 1. The number of hydrogen-bond donors (Lipinski definition) is 1. The van der Waals surface area contributed by atoms with Crippen molar-refractivity contribution in [3.63, 3.8) is 0 Å². The predicted octanol–water partition coefficient (Wildman–Crippen LogP) is 0.443. The molecule has 0 aliphatic rings. The highest BCUT2D eigenvalue weighted by Crippen LogP contribution is 2.05. The third-order valence-electron chi connectivity index (χ3n) is 2.24. The number of nitrogens with one attached hydrogen (secondary N) is 1. The maximum atomic E-state index is 5.89. The summed E-state index contributed by atoms with van der Waals surface area (Å²) < 4.78 is 2.83. The molecule has 0 aliphatic carbocycles. The second kappa shape index (κ2) is 7.19. The summed E-state index contributed by atoms with van der Waals surface area (Å²) in [5.41, 5.74) is 0.916. The van der Waals surface area contributed by atoms with E-state index in [1.165, 1.54) is 6.17 Å². The van der Waals surface area contributed by atoms with Gasteiger partial charge in [0.2, 0.25) is 0 Å². The van der Waals surface area contributed by atoms with E-state index in [2.05, 4.69) is 42.7 Å². The Morgan fingerprint density at radius 3 is 2.21 bits per heavy atom. The first-order valence-electron chi connectivity index (χ1n) is 5.42. The Morgan fingerprint density at radius 1 is 1.29 bits per heavy atom. The van der Waals surface area contributed by atoms with E-state index < -0.39 is 8.24 Å². The molecule has 0 radical (unpaired) electrons. The van der Waals surface area contributed by atoms with E-state index in [1.807, 2.05) is 0 Å². The van der Waals surface area contributed by atoms with Crippen LogP contribution in [0.1, 0.15) is 13.8 Å². The molecule has 0 aromatic heterocycles. The number of hydrogen-bond acceptors (Lipinski definition) is 2. The Kier molecular flexibility index (Phi) is 7.63. The first-order valence-corrected chi connectivity index (χ1v) is 12.7. The maximum absolute atomic E-state index is 5.89. The topological polar surface area (TPSA) is 15.3 Å². The lowest BCUT2D eigenvalue weighted by Crippen LogP contribution is -2.53. The summed E-state index contributed by atoms with van der Waals surface area (Å²) >= 11 is 5.89. The Balaban J connectivity index is 3.86. The normalized spacial score (nSPS) is 14.6. The molecule has 0 spiro atoms. The zero-order valence-electron chi connectivity index (χ0n) is 10.2. The SMILES string of the molecule is CC(C)NC[SiH2]N([SiH2]CCl)[Si](C)(C)C. The summed E-state index contributed by atoms with van der Waals surface area (Å²) in [7, 11) is -1.25. The van der Waals surface area contributed by atoms with Crippen LogP contribution < -0.4 is 5.32 Å². The summed E-state index contributed by atoms with van der Waals surface area (Å²) in [4.78, 5) is 0. The summed E-state index contributed by atoms with van der Waals surface area (Å²) in [5.74, 6) is 0. The highest BCUT2D eigenvalue weighted by Gasteiger charge is 2.22. The van der Waals surface area contributed by atoms with E-state index in [0.29, 0.717) is 6.04 Å². The first kappa shape index (κ1) is 14.9. The van der Waals surface area contributed by atoms with Gasteiger partial charge in [-0.2, -0.15) is 0 Å². The Bertz CT molecular complexity index is 150. The summed E-state index contributed by atoms with van der Waals surface area (Å²) in [6.07, 6.45) is 1.24. The Morgan fingerprint density at radius 2 is 1.86 bits per heavy atom. The van der Waals surface area contributed by atoms with Crippen LogP contribution in [0, 0.1) is 0 Å². The maximum Gasteiger partial charge on any atom is 0.105 e. The minimum absolute atomic E-state index is 0.0715. The Hall–Kier alpha value is 0.861. The van der Waals surface area contributed by atoms with Gasteiger partial charge in [-0.3, -0.25) is 0 Å². The van der Waals surface area contributed by atoms with Gasteiger partial charge in [0.25, 0.3) is 0 Å². The quantitative estimate of drug-likeness (QED) is 0.533. The van der Waals surface area contributed by atoms with Crippen LogP contribution >= 0.6 is 11.6 Å². The minimum Gasteiger partial charge on any atom is -0.376 e. The summed E-state index contributed by atoms with van der Waals surface area (Å²) in [6, 6.07) is 0.628. The molecule has 0 saturated carbocycles. The fourth-order valence-corrected chi connectivity index (χ4v) is 12.1. The van der Waals surface area contributed by atoms with Gasteiger partial charge in [-0.05, 0) is 6.17 Å². The van der Waals surface area contributed by atoms with Crippen molar-refractivity contribution >= 4 is 39.2 Å². The molecule has 1 N–H and O–H groups in total. The lowest BCUT2D eigenvalue weighted by molar-refractivity contribution is 0.644. The van der Waals surface area contributed by atoms with Crippen LogP contribution in [0.4, 0.5) is 0 Å². The lowest BCUT2D eigenvalue weighted by atomic mass is 10.4. The lowest BCUT2D eigenvalue weighted by Gasteiger charge is -2.34. The fourth-order valence-electron chi connectivity index (χ4n) is 1.37. The van der Waals surface area contributed by atoms with E-state index in [4.69, 9.17) is 11.6 Å². The molecular weight excluding hydrogens is 244 g/mol. The number of halogens is 1. The molecule has 0 heterocycles. The van der Waals surface area contributed by atoms with Crippen LogP contribution in [0.5, 0.6) is 0 Å². The van der Waals surface area contributed by atoms with Gasteiger partial charge in [-0.25, -0.2) is 0 Å². The largest absolute Gasteiger partial charge is 0.376 e. The van der Waals surface area contributed by atoms with Crippen LogP contribution in [0.15, 0.2) is 0 Å². The number of rotatable bonds is 7. The smallest absolute Gasteiger partial charge is 0.105 e. The van der Waals surface area contributed by atoms with Gasteiger partial charge in [-0.15, -0.1) is 11.6 Å². The molecular formula is C8H25ClN2Si3. The van der Waals surface area contributed by atoms with Gasteiger partial charge in [0, 0.05) is 11.5 Å². The van der Waals surface area contributed by atoms with Crippen LogP contribution in [0.3, 0.4) is 0 Å². The van der Waals surface area contributed by atoms with Crippen LogP contribution in [-0.4, -0.2) is 49.2 Å². The molecule has 2 nitrogen and oxygen atoms in total. The molecule has 0 saturated heterocycles. The van der Waals surface area contributed by atoms with Gasteiger partial charge in [-0.1, -0.05) is 33.5 Å². The Labute approximate surface area is 99.7 Å². The molecule has 0 bridgehead atoms. The third kappa shape index (κ3) is 7.19. The van der Waals surface area contributed by atoms with Crippen molar-refractivity contribution in [1.82, 2.24) is 9.21 Å². The van der Waals surface area contributed by atoms with Crippen molar-refractivity contribution in [1.29, 1.82) is 0 Å².